The molecule has 0 bridgehead atoms. The molecule has 1 heterocycles. The Bertz CT molecular complexity index is 423. The summed E-state index contributed by atoms with van der Waals surface area (Å²) < 4.78 is 2.28. The molecule has 0 aromatic heterocycles. The van der Waals surface area contributed by atoms with E-state index in [-0.39, 0.29) is 0 Å². The van der Waals surface area contributed by atoms with Crippen molar-refractivity contribution in [3.8, 4) is 0 Å². The standard InChI is InChI=1S/C15H22Br2N2/c1-11(14-6-5-13(16)8-15(14)17)18-9-12-4-3-7-19(2)10-12/h5-6,8,11-12,18H,3-4,7,9-10H2,1-2H3. The smallest absolute Gasteiger partial charge is 0.0303 e. The molecule has 1 aliphatic rings. The molecular weight excluding hydrogens is 368 g/mol. The van der Waals surface area contributed by atoms with E-state index in [1.165, 1.54) is 36.0 Å². The second-order valence-electron chi connectivity index (χ2n) is 5.57. The van der Waals surface area contributed by atoms with Gasteiger partial charge in [0.15, 0.2) is 0 Å². The van der Waals surface area contributed by atoms with Crippen molar-refractivity contribution in [2.45, 2.75) is 25.8 Å². The Morgan fingerprint density at radius 3 is 2.89 bits per heavy atom. The fraction of sp³-hybridized carbons (Fsp3) is 0.600. The Morgan fingerprint density at radius 2 is 2.21 bits per heavy atom. The lowest BCUT2D eigenvalue weighted by atomic mass is 9.98. The van der Waals surface area contributed by atoms with Gasteiger partial charge >= 0.3 is 0 Å². The molecule has 0 radical (unpaired) electrons. The molecule has 1 fully saturated rings. The van der Waals surface area contributed by atoms with Crippen molar-refractivity contribution in [1.82, 2.24) is 10.2 Å². The van der Waals surface area contributed by atoms with Crippen LogP contribution in [0.2, 0.25) is 0 Å². The summed E-state index contributed by atoms with van der Waals surface area (Å²) in [4.78, 5) is 2.44. The second kappa shape index (κ2) is 7.21. The minimum absolute atomic E-state index is 0.384. The van der Waals surface area contributed by atoms with Crippen LogP contribution >= 0.6 is 31.9 Å². The monoisotopic (exact) mass is 388 g/mol. The van der Waals surface area contributed by atoms with Crippen molar-refractivity contribution >= 4 is 31.9 Å². The van der Waals surface area contributed by atoms with Gasteiger partial charge in [0.2, 0.25) is 0 Å². The van der Waals surface area contributed by atoms with Crippen LogP contribution in [-0.4, -0.2) is 31.6 Å². The highest BCUT2D eigenvalue weighted by Gasteiger charge is 2.18. The number of rotatable bonds is 4. The molecule has 1 saturated heterocycles. The van der Waals surface area contributed by atoms with Gasteiger partial charge in [-0.3, -0.25) is 0 Å². The molecule has 4 heteroatoms. The van der Waals surface area contributed by atoms with E-state index in [1.807, 2.05) is 0 Å². The zero-order chi connectivity index (χ0) is 13.8. The highest BCUT2D eigenvalue weighted by molar-refractivity contribution is 9.11. The van der Waals surface area contributed by atoms with E-state index in [1.54, 1.807) is 0 Å². The number of nitrogens with one attached hydrogen (secondary N) is 1. The number of hydrogen-bond donors (Lipinski definition) is 1. The van der Waals surface area contributed by atoms with Gasteiger partial charge in [-0.1, -0.05) is 37.9 Å². The normalized spacial score (nSPS) is 22.4. The van der Waals surface area contributed by atoms with Gasteiger partial charge in [0, 0.05) is 21.5 Å². The lowest BCUT2D eigenvalue weighted by molar-refractivity contribution is 0.203. The van der Waals surface area contributed by atoms with Gasteiger partial charge in [-0.05, 0) is 63.5 Å². The number of hydrogen-bond acceptors (Lipinski definition) is 2. The Hall–Kier alpha value is 0.1000. The highest BCUT2D eigenvalue weighted by atomic mass is 79.9. The summed E-state index contributed by atoms with van der Waals surface area (Å²) in [5.41, 5.74) is 1.33. The summed E-state index contributed by atoms with van der Waals surface area (Å²) >= 11 is 7.14. The summed E-state index contributed by atoms with van der Waals surface area (Å²) in [5, 5.41) is 3.68. The summed E-state index contributed by atoms with van der Waals surface area (Å²) in [5.74, 6) is 0.787. The molecule has 2 unspecified atom stereocenters. The molecule has 19 heavy (non-hydrogen) atoms. The third-order valence-electron chi connectivity index (χ3n) is 3.86. The van der Waals surface area contributed by atoms with Crippen LogP contribution in [0.15, 0.2) is 27.1 Å². The Morgan fingerprint density at radius 1 is 1.42 bits per heavy atom. The van der Waals surface area contributed by atoms with Gasteiger partial charge in [-0.25, -0.2) is 0 Å². The van der Waals surface area contributed by atoms with Gasteiger partial charge in [0.25, 0.3) is 0 Å². The van der Waals surface area contributed by atoms with Crippen molar-refractivity contribution in [3.63, 3.8) is 0 Å². The van der Waals surface area contributed by atoms with E-state index in [9.17, 15) is 0 Å². The molecule has 2 atom stereocenters. The first-order valence-electron chi connectivity index (χ1n) is 6.93. The van der Waals surface area contributed by atoms with Crippen LogP contribution in [0, 0.1) is 5.92 Å². The van der Waals surface area contributed by atoms with Crippen LogP contribution in [0.1, 0.15) is 31.4 Å². The quantitative estimate of drug-likeness (QED) is 0.829. The molecule has 1 N–H and O–H groups in total. The van der Waals surface area contributed by atoms with E-state index < -0.39 is 0 Å². The van der Waals surface area contributed by atoms with Crippen molar-refractivity contribution < 1.29 is 0 Å². The molecular formula is C15H22Br2N2. The van der Waals surface area contributed by atoms with Crippen molar-refractivity contribution in [1.29, 1.82) is 0 Å². The molecule has 106 valence electrons. The van der Waals surface area contributed by atoms with E-state index in [4.69, 9.17) is 0 Å². The maximum absolute atomic E-state index is 3.68. The molecule has 2 rings (SSSR count). The zero-order valence-electron chi connectivity index (χ0n) is 11.6. The van der Waals surface area contributed by atoms with Crippen LogP contribution in [0.25, 0.3) is 0 Å². The van der Waals surface area contributed by atoms with Gasteiger partial charge in [-0.2, -0.15) is 0 Å². The second-order valence-corrected chi connectivity index (χ2v) is 7.34. The summed E-state index contributed by atoms with van der Waals surface area (Å²) in [6.07, 6.45) is 2.69. The maximum atomic E-state index is 3.68. The van der Waals surface area contributed by atoms with Crippen LogP contribution in [0.3, 0.4) is 0 Å². The lowest BCUT2D eigenvalue weighted by Gasteiger charge is -2.30. The third kappa shape index (κ3) is 4.55. The molecule has 2 nitrogen and oxygen atoms in total. The topological polar surface area (TPSA) is 15.3 Å². The number of piperidine rings is 1. The largest absolute Gasteiger partial charge is 0.310 e. The van der Waals surface area contributed by atoms with Crippen molar-refractivity contribution in [2.75, 3.05) is 26.7 Å². The molecule has 0 aliphatic carbocycles. The first-order chi connectivity index (χ1) is 9.06. The predicted molar refractivity (Wildman–Crippen MR) is 88.5 cm³/mol. The van der Waals surface area contributed by atoms with Crippen LogP contribution in [0.5, 0.6) is 0 Å². The zero-order valence-corrected chi connectivity index (χ0v) is 14.8. The van der Waals surface area contributed by atoms with E-state index in [2.05, 4.69) is 74.2 Å². The molecule has 1 aromatic rings. The average molecular weight is 390 g/mol. The molecule has 0 saturated carbocycles. The van der Waals surface area contributed by atoms with Crippen LogP contribution < -0.4 is 5.32 Å². The first kappa shape index (κ1) is 15.5. The number of benzene rings is 1. The Kier molecular flexibility index (Phi) is 5.87. The minimum Gasteiger partial charge on any atom is -0.310 e. The van der Waals surface area contributed by atoms with Gasteiger partial charge < -0.3 is 10.2 Å². The first-order valence-corrected chi connectivity index (χ1v) is 8.51. The SMILES string of the molecule is CC(NCC1CCCN(C)C1)c1ccc(Br)cc1Br. The molecule has 1 aliphatic heterocycles. The third-order valence-corrected chi connectivity index (χ3v) is 5.04. The van der Waals surface area contributed by atoms with Crippen molar-refractivity contribution in [2.24, 2.45) is 5.92 Å². The number of nitrogens with zero attached hydrogens (tertiary/aromatic N) is 1. The van der Waals surface area contributed by atoms with Gasteiger partial charge in [0.05, 0.1) is 0 Å². The molecule has 1 aromatic carbocycles. The summed E-state index contributed by atoms with van der Waals surface area (Å²) in [6, 6.07) is 6.78. The van der Waals surface area contributed by atoms with Gasteiger partial charge in [-0.15, -0.1) is 0 Å². The van der Waals surface area contributed by atoms with Crippen LogP contribution in [-0.2, 0) is 0 Å². The van der Waals surface area contributed by atoms with Crippen molar-refractivity contribution in [3.05, 3.63) is 32.7 Å². The number of halogens is 2. The highest BCUT2D eigenvalue weighted by Crippen LogP contribution is 2.27. The molecule has 0 spiro atoms. The van der Waals surface area contributed by atoms with Gasteiger partial charge in [0.1, 0.15) is 0 Å². The predicted octanol–water partition coefficient (Wildman–Crippen LogP) is 4.20. The van der Waals surface area contributed by atoms with E-state index >= 15 is 0 Å². The Labute approximate surface area is 133 Å². The Balaban J connectivity index is 1.88. The fourth-order valence-corrected chi connectivity index (χ4v) is 4.14. The van der Waals surface area contributed by atoms with E-state index in [0.29, 0.717) is 6.04 Å². The average Bonchev–Trinajstić information content (AvgIpc) is 2.36. The minimum atomic E-state index is 0.384. The fourth-order valence-electron chi connectivity index (χ4n) is 2.75. The number of likely N-dealkylation sites (tertiary alicyclic amines) is 1. The van der Waals surface area contributed by atoms with E-state index in [0.717, 1.165) is 16.9 Å². The lowest BCUT2D eigenvalue weighted by Crippen LogP contribution is -2.38. The van der Waals surface area contributed by atoms with Crippen LogP contribution in [0.4, 0.5) is 0 Å². The molecule has 0 amide bonds. The maximum Gasteiger partial charge on any atom is 0.0303 e. The summed E-state index contributed by atoms with van der Waals surface area (Å²) in [6.45, 7) is 5.82. The summed E-state index contributed by atoms with van der Waals surface area (Å²) in [7, 11) is 2.22.